The highest BCUT2D eigenvalue weighted by molar-refractivity contribution is 5.63. The van der Waals surface area contributed by atoms with E-state index in [4.69, 9.17) is 18.9 Å². The summed E-state index contributed by atoms with van der Waals surface area (Å²) in [6, 6.07) is 14.0. The van der Waals surface area contributed by atoms with E-state index in [9.17, 15) is 39.5 Å². The quantitative estimate of drug-likeness (QED) is 0.145. The SMILES string of the molecule is COc1cc(C(F)=C(F)F)ccc1Oc1cccc(F)n1.COc1cc(C(F)C(F)(F)F)ccc1Oc1cccc(F)n1. The van der Waals surface area contributed by atoms with Gasteiger partial charge in [0, 0.05) is 17.7 Å². The monoisotopic (exact) mass is 618 g/mol. The number of nitrogens with zero attached hydrogens (tertiary/aromatic N) is 2. The molecule has 228 valence electrons. The van der Waals surface area contributed by atoms with Gasteiger partial charge in [0.15, 0.2) is 28.8 Å². The second-order valence-corrected chi connectivity index (χ2v) is 8.06. The second-order valence-electron chi connectivity index (χ2n) is 8.06. The van der Waals surface area contributed by atoms with E-state index in [0.717, 1.165) is 42.5 Å². The van der Waals surface area contributed by atoms with Gasteiger partial charge < -0.3 is 18.9 Å². The maximum absolute atomic E-state index is 13.3. The molecule has 6 nitrogen and oxygen atoms in total. The highest BCUT2D eigenvalue weighted by Gasteiger charge is 2.41. The molecule has 0 aliphatic rings. The first-order valence-corrected chi connectivity index (χ1v) is 11.7. The van der Waals surface area contributed by atoms with E-state index in [1.807, 2.05) is 0 Å². The molecule has 2 aromatic heterocycles. The minimum atomic E-state index is -5.02. The molecule has 0 fully saturated rings. The number of rotatable bonds is 8. The molecule has 4 aromatic rings. The van der Waals surface area contributed by atoms with Gasteiger partial charge in [0.25, 0.3) is 0 Å². The van der Waals surface area contributed by atoms with Crippen molar-refractivity contribution in [3.8, 4) is 34.8 Å². The normalized spacial score (nSPS) is 11.5. The van der Waals surface area contributed by atoms with Gasteiger partial charge in [-0.05, 0) is 48.0 Å². The predicted octanol–water partition coefficient (Wildman–Crippen LogP) is 9.15. The molecule has 2 aromatic carbocycles. The lowest BCUT2D eigenvalue weighted by molar-refractivity contribution is -0.182. The average molecular weight is 618 g/mol. The molecular weight excluding hydrogens is 599 g/mol. The topological polar surface area (TPSA) is 62.7 Å². The van der Waals surface area contributed by atoms with Crippen LogP contribution in [0.4, 0.5) is 39.5 Å². The molecule has 0 saturated heterocycles. The van der Waals surface area contributed by atoms with Crippen molar-refractivity contribution in [2.24, 2.45) is 0 Å². The van der Waals surface area contributed by atoms with Crippen molar-refractivity contribution in [1.29, 1.82) is 0 Å². The Morgan fingerprint density at radius 1 is 0.674 bits per heavy atom. The highest BCUT2D eigenvalue weighted by atomic mass is 19.4. The number of alkyl halides is 4. The molecule has 0 bridgehead atoms. The van der Waals surface area contributed by atoms with Crippen LogP contribution in [-0.2, 0) is 0 Å². The van der Waals surface area contributed by atoms with Gasteiger partial charge in [-0.15, -0.1) is 0 Å². The summed E-state index contributed by atoms with van der Waals surface area (Å²) in [5.74, 6) is -3.38. The Morgan fingerprint density at radius 3 is 1.60 bits per heavy atom. The van der Waals surface area contributed by atoms with Crippen LogP contribution in [0, 0.1) is 11.9 Å². The van der Waals surface area contributed by atoms with Gasteiger partial charge in [0.05, 0.1) is 14.2 Å². The van der Waals surface area contributed by atoms with E-state index in [-0.39, 0.29) is 40.3 Å². The van der Waals surface area contributed by atoms with E-state index in [1.54, 1.807) is 0 Å². The third-order valence-electron chi connectivity index (χ3n) is 5.16. The van der Waals surface area contributed by atoms with Crippen LogP contribution in [0.25, 0.3) is 5.83 Å². The first kappa shape index (κ1) is 32.6. The largest absolute Gasteiger partial charge is 0.493 e. The summed E-state index contributed by atoms with van der Waals surface area (Å²) in [7, 11) is 2.45. The van der Waals surface area contributed by atoms with Gasteiger partial charge in [0.1, 0.15) is 0 Å². The zero-order valence-electron chi connectivity index (χ0n) is 21.9. The van der Waals surface area contributed by atoms with Crippen LogP contribution in [0.15, 0.2) is 78.9 Å². The Kier molecular flexibility index (Phi) is 10.8. The van der Waals surface area contributed by atoms with Crippen LogP contribution < -0.4 is 18.9 Å². The van der Waals surface area contributed by atoms with Gasteiger partial charge in [0.2, 0.25) is 29.8 Å². The third kappa shape index (κ3) is 9.02. The smallest absolute Gasteiger partial charge is 0.423 e. The fraction of sp³-hybridized carbons (Fsp3) is 0.143. The number of hydrogen-bond acceptors (Lipinski definition) is 6. The zero-order valence-corrected chi connectivity index (χ0v) is 21.9. The molecule has 0 amide bonds. The summed E-state index contributed by atoms with van der Waals surface area (Å²) in [6.45, 7) is 0. The van der Waals surface area contributed by atoms with Crippen LogP contribution in [0.5, 0.6) is 34.8 Å². The summed E-state index contributed by atoms with van der Waals surface area (Å²) < 4.78 is 134. The van der Waals surface area contributed by atoms with Crippen LogP contribution in [0.1, 0.15) is 17.3 Å². The maximum Gasteiger partial charge on any atom is 0.423 e. The van der Waals surface area contributed by atoms with Crippen LogP contribution in [0.2, 0.25) is 0 Å². The van der Waals surface area contributed by atoms with E-state index >= 15 is 0 Å². The lowest BCUT2D eigenvalue weighted by Gasteiger charge is -2.15. The maximum atomic E-state index is 13.3. The lowest BCUT2D eigenvalue weighted by atomic mass is 10.1. The third-order valence-corrected chi connectivity index (χ3v) is 5.16. The number of aromatic nitrogens is 2. The molecule has 0 radical (unpaired) electrons. The minimum Gasteiger partial charge on any atom is -0.493 e. The van der Waals surface area contributed by atoms with E-state index in [2.05, 4.69) is 9.97 Å². The van der Waals surface area contributed by atoms with E-state index in [0.29, 0.717) is 0 Å². The van der Waals surface area contributed by atoms with Crippen molar-refractivity contribution >= 4 is 5.83 Å². The number of benzene rings is 2. The first-order valence-electron chi connectivity index (χ1n) is 11.7. The molecule has 4 rings (SSSR count). The molecule has 0 spiro atoms. The molecule has 1 atom stereocenters. The Bertz CT molecular complexity index is 1580. The van der Waals surface area contributed by atoms with Crippen molar-refractivity contribution in [1.82, 2.24) is 9.97 Å². The minimum absolute atomic E-state index is 0.00922. The molecule has 1 unspecified atom stereocenters. The Labute approximate surface area is 237 Å². The van der Waals surface area contributed by atoms with Crippen molar-refractivity contribution in [3.05, 3.63) is 102 Å². The molecule has 0 saturated carbocycles. The molecule has 0 aliphatic heterocycles. The second kappa shape index (κ2) is 14.3. The summed E-state index contributed by atoms with van der Waals surface area (Å²) in [5.41, 5.74) is -0.977. The Morgan fingerprint density at radius 2 is 1.16 bits per heavy atom. The van der Waals surface area contributed by atoms with Crippen LogP contribution >= 0.6 is 0 Å². The number of hydrogen-bond donors (Lipinski definition) is 0. The Balaban J connectivity index is 0.000000236. The predicted molar refractivity (Wildman–Crippen MR) is 135 cm³/mol. The number of methoxy groups -OCH3 is 2. The van der Waals surface area contributed by atoms with E-state index < -0.39 is 41.7 Å². The zero-order chi connectivity index (χ0) is 31.7. The van der Waals surface area contributed by atoms with Gasteiger partial charge in [-0.3, -0.25) is 0 Å². The molecule has 2 heterocycles. The fourth-order valence-corrected chi connectivity index (χ4v) is 3.23. The van der Waals surface area contributed by atoms with Gasteiger partial charge in [-0.25, -0.2) is 8.78 Å². The number of halogens is 9. The summed E-state index contributed by atoms with van der Waals surface area (Å²) >= 11 is 0. The molecule has 15 heteroatoms. The number of ether oxygens (including phenoxy) is 4. The standard InChI is InChI=1S/C14H10F5NO2.C14H9F4NO2/c1-21-10-7-8(13(16)14(17,18)19)5-6-9(10)22-12-4-2-3-11(15)20-12;1-20-10-7-8(13(16)14(17)18)5-6-9(10)21-12-4-2-3-11(15)19-12/h2-7,13H,1H3;2-7H,1H3. The number of pyridine rings is 2. The highest BCUT2D eigenvalue weighted by Crippen LogP contribution is 2.40. The van der Waals surface area contributed by atoms with Crippen molar-refractivity contribution in [3.63, 3.8) is 0 Å². The fourth-order valence-electron chi connectivity index (χ4n) is 3.23. The van der Waals surface area contributed by atoms with Crippen molar-refractivity contribution in [2.45, 2.75) is 12.3 Å². The molecule has 0 N–H and O–H groups in total. The summed E-state index contributed by atoms with van der Waals surface area (Å²) in [4.78, 5) is 6.92. The Hall–Kier alpha value is -4.95. The molecular formula is C28H19F9N2O4. The van der Waals surface area contributed by atoms with E-state index in [1.165, 1.54) is 44.6 Å². The average Bonchev–Trinajstić information content (AvgIpc) is 2.96. The van der Waals surface area contributed by atoms with Crippen LogP contribution in [-0.4, -0.2) is 30.4 Å². The van der Waals surface area contributed by atoms with Crippen molar-refractivity contribution < 1.29 is 58.5 Å². The first-order chi connectivity index (χ1) is 20.3. The van der Waals surface area contributed by atoms with Crippen molar-refractivity contribution in [2.75, 3.05) is 14.2 Å². The molecule has 43 heavy (non-hydrogen) atoms. The summed E-state index contributed by atoms with van der Waals surface area (Å²) in [6.07, 6.45) is -10.6. The van der Waals surface area contributed by atoms with Gasteiger partial charge in [-0.2, -0.15) is 40.7 Å². The lowest BCUT2D eigenvalue weighted by Crippen LogP contribution is -2.16. The summed E-state index contributed by atoms with van der Waals surface area (Å²) in [5, 5.41) is 0. The van der Waals surface area contributed by atoms with Gasteiger partial charge >= 0.3 is 12.3 Å². The van der Waals surface area contributed by atoms with Gasteiger partial charge in [-0.1, -0.05) is 18.2 Å². The van der Waals surface area contributed by atoms with Crippen LogP contribution in [0.3, 0.4) is 0 Å². The molecule has 0 aliphatic carbocycles.